The molecule has 5 heteroatoms. The minimum Gasteiger partial charge on any atom is -0.441 e. The van der Waals surface area contributed by atoms with E-state index in [2.05, 4.69) is 17.1 Å². The lowest BCUT2D eigenvalue weighted by atomic mass is 9.89. The number of carbonyl (C=O) groups excluding carboxylic acids is 1. The van der Waals surface area contributed by atoms with Crippen LogP contribution in [0.2, 0.25) is 0 Å². The predicted molar refractivity (Wildman–Crippen MR) is 109 cm³/mol. The molecule has 2 heterocycles. The van der Waals surface area contributed by atoms with E-state index >= 15 is 0 Å². The van der Waals surface area contributed by atoms with Gasteiger partial charge in [0, 0.05) is 24.6 Å². The van der Waals surface area contributed by atoms with Crippen LogP contribution in [0.3, 0.4) is 0 Å². The molecule has 2 aromatic carbocycles. The van der Waals surface area contributed by atoms with Gasteiger partial charge in [0.15, 0.2) is 0 Å². The molecule has 0 unspecified atom stereocenters. The summed E-state index contributed by atoms with van der Waals surface area (Å²) >= 11 is 0. The molecule has 2 N–H and O–H groups in total. The van der Waals surface area contributed by atoms with Crippen LogP contribution in [0.25, 0.3) is 11.5 Å². The summed E-state index contributed by atoms with van der Waals surface area (Å²) in [5.41, 5.74) is 8.87. The number of benzene rings is 2. The molecule has 0 spiro atoms. The first-order chi connectivity index (χ1) is 13.7. The third-order valence-corrected chi connectivity index (χ3v) is 5.56. The second kappa shape index (κ2) is 7.98. The van der Waals surface area contributed by atoms with Crippen molar-refractivity contribution >= 4 is 5.91 Å². The van der Waals surface area contributed by atoms with E-state index in [0.29, 0.717) is 37.0 Å². The third kappa shape index (κ3) is 3.71. The van der Waals surface area contributed by atoms with Crippen molar-refractivity contribution in [2.24, 2.45) is 11.7 Å². The van der Waals surface area contributed by atoms with Crippen molar-refractivity contribution in [2.75, 3.05) is 19.6 Å². The van der Waals surface area contributed by atoms with E-state index in [9.17, 15) is 4.79 Å². The molecule has 1 fully saturated rings. The molecule has 1 saturated heterocycles. The second-order valence-electron chi connectivity index (χ2n) is 7.38. The average Bonchev–Trinajstić information content (AvgIpc) is 3.33. The molecule has 1 aliphatic rings. The largest absolute Gasteiger partial charge is 0.441 e. The van der Waals surface area contributed by atoms with Gasteiger partial charge in [-0.2, -0.15) is 0 Å². The first-order valence-corrected chi connectivity index (χ1v) is 9.70. The number of amides is 1. The van der Waals surface area contributed by atoms with Gasteiger partial charge in [-0.3, -0.25) is 4.79 Å². The van der Waals surface area contributed by atoms with Crippen LogP contribution in [0.4, 0.5) is 0 Å². The van der Waals surface area contributed by atoms with Gasteiger partial charge in [-0.1, -0.05) is 48.5 Å². The molecule has 0 radical (unpaired) electrons. The van der Waals surface area contributed by atoms with Crippen molar-refractivity contribution in [2.45, 2.75) is 19.3 Å². The van der Waals surface area contributed by atoms with Crippen LogP contribution in [-0.4, -0.2) is 35.4 Å². The Bertz CT molecular complexity index is 937. The van der Waals surface area contributed by atoms with Gasteiger partial charge in [0.05, 0.1) is 12.1 Å². The molecule has 0 aliphatic carbocycles. The molecule has 1 aliphatic heterocycles. The highest BCUT2D eigenvalue weighted by Gasteiger charge is 2.35. The van der Waals surface area contributed by atoms with Gasteiger partial charge in [0.25, 0.3) is 0 Å². The van der Waals surface area contributed by atoms with Crippen molar-refractivity contribution in [3.63, 3.8) is 0 Å². The van der Waals surface area contributed by atoms with Gasteiger partial charge in [-0.05, 0) is 37.1 Å². The lowest BCUT2D eigenvalue weighted by Gasteiger charge is -2.16. The van der Waals surface area contributed by atoms with E-state index in [0.717, 1.165) is 5.56 Å². The zero-order valence-corrected chi connectivity index (χ0v) is 16.0. The van der Waals surface area contributed by atoms with Crippen molar-refractivity contribution in [3.05, 3.63) is 77.7 Å². The summed E-state index contributed by atoms with van der Waals surface area (Å²) < 4.78 is 5.80. The second-order valence-corrected chi connectivity index (χ2v) is 7.38. The highest BCUT2D eigenvalue weighted by molar-refractivity contribution is 5.79. The smallest absolute Gasteiger partial charge is 0.228 e. The number of aryl methyl sites for hydroxylation is 1. The van der Waals surface area contributed by atoms with Crippen molar-refractivity contribution in [1.82, 2.24) is 9.88 Å². The fraction of sp³-hybridized carbons (Fsp3) is 0.304. The molecule has 144 valence electrons. The summed E-state index contributed by atoms with van der Waals surface area (Å²) in [7, 11) is 0. The van der Waals surface area contributed by atoms with Gasteiger partial charge in [0.2, 0.25) is 11.8 Å². The van der Waals surface area contributed by atoms with Crippen LogP contribution >= 0.6 is 0 Å². The molecule has 1 aromatic heterocycles. The van der Waals surface area contributed by atoms with Crippen LogP contribution in [-0.2, 0) is 11.2 Å². The first-order valence-electron chi connectivity index (χ1n) is 9.70. The summed E-state index contributed by atoms with van der Waals surface area (Å²) in [6.07, 6.45) is 0.251. The number of hydrogen-bond acceptors (Lipinski definition) is 4. The molecular formula is C23H25N3O2. The van der Waals surface area contributed by atoms with E-state index in [1.807, 2.05) is 60.4 Å². The molecule has 2 atom stereocenters. The Labute approximate surface area is 165 Å². The lowest BCUT2D eigenvalue weighted by Crippen LogP contribution is -2.31. The Hall–Kier alpha value is -2.92. The summed E-state index contributed by atoms with van der Waals surface area (Å²) in [5, 5.41) is 0. The lowest BCUT2D eigenvalue weighted by molar-refractivity contribution is -0.129. The van der Waals surface area contributed by atoms with E-state index < -0.39 is 0 Å². The number of hydrogen-bond donors (Lipinski definition) is 1. The maximum absolute atomic E-state index is 13.0. The van der Waals surface area contributed by atoms with Crippen molar-refractivity contribution in [1.29, 1.82) is 0 Å². The first kappa shape index (κ1) is 18.4. The van der Waals surface area contributed by atoms with Gasteiger partial charge in [0.1, 0.15) is 5.76 Å². The number of nitrogens with two attached hydrogens (primary N) is 1. The number of aromatic nitrogens is 1. The fourth-order valence-electron chi connectivity index (χ4n) is 3.94. The number of nitrogens with zero attached hydrogens (tertiary/aromatic N) is 2. The Morgan fingerprint density at radius 2 is 1.79 bits per heavy atom. The van der Waals surface area contributed by atoms with Gasteiger partial charge in [-0.15, -0.1) is 0 Å². The third-order valence-electron chi connectivity index (χ3n) is 5.56. The van der Waals surface area contributed by atoms with Crippen LogP contribution in [0.5, 0.6) is 0 Å². The molecule has 0 saturated carbocycles. The molecule has 5 nitrogen and oxygen atoms in total. The normalized spacial score (nSPS) is 19.1. The summed E-state index contributed by atoms with van der Waals surface area (Å²) in [6.45, 7) is 3.83. The molecular weight excluding hydrogens is 350 g/mol. The Morgan fingerprint density at radius 1 is 1.11 bits per heavy atom. The minimum absolute atomic E-state index is 0.0768. The standard InChI is InChI=1S/C23H25N3O2/c1-16-21(25-23(28-16)18-10-6-3-7-11-18)12-22(27)26-14-19(13-24)20(15-26)17-8-4-2-5-9-17/h2-11,19-20H,12-15,24H2,1H3/t19-,20+/m1/s1. The predicted octanol–water partition coefficient (Wildman–Crippen LogP) is 3.39. The SMILES string of the molecule is Cc1oc(-c2ccccc2)nc1CC(=O)N1C[C@@H](CN)[C@H](c2ccccc2)C1. The highest BCUT2D eigenvalue weighted by atomic mass is 16.4. The quantitative estimate of drug-likeness (QED) is 0.742. The van der Waals surface area contributed by atoms with Crippen LogP contribution < -0.4 is 5.73 Å². The topological polar surface area (TPSA) is 72.4 Å². The van der Waals surface area contributed by atoms with Gasteiger partial charge < -0.3 is 15.1 Å². The van der Waals surface area contributed by atoms with E-state index in [-0.39, 0.29) is 24.2 Å². The van der Waals surface area contributed by atoms with Gasteiger partial charge >= 0.3 is 0 Å². The van der Waals surface area contributed by atoms with E-state index in [1.54, 1.807) is 0 Å². The Kier molecular flexibility index (Phi) is 5.26. The number of carbonyl (C=O) groups is 1. The number of likely N-dealkylation sites (tertiary alicyclic amines) is 1. The molecule has 4 rings (SSSR count). The maximum Gasteiger partial charge on any atom is 0.228 e. The van der Waals surface area contributed by atoms with Gasteiger partial charge in [-0.25, -0.2) is 4.98 Å². The highest BCUT2D eigenvalue weighted by Crippen LogP contribution is 2.32. The molecule has 28 heavy (non-hydrogen) atoms. The minimum atomic E-state index is 0.0768. The zero-order chi connectivity index (χ0) is 19.5. The fourth-order valence-corrected chi connectivity index (χ4v) is 3.94. The van der Waals surface area contributed by atoms with Crippen LogP contribution in [0.15, 0.2) is 65.1 Å². The van der Waals surface area contributed by atoms with E-state index in [4.69, 9.17) is 10.2 Å². The van der Waals surface area contributed by atoms with Crippen molar-refractivity contribution in [3.8, 4) is 11.5 Å². The summed E-state index contributed by atoms with van der Waals surface area (Å²) in [6, 6.07) is 20.1. The van der Waals surface area contributed by atoms with Crippen LogP contribution in [0.1, 0.15) is 22.9 Å². The molecule has 0 bridgehead atoms. The Morgan fingerprint density at radius 3 is 2.46 bits per heavy atom. The molecule has 1 amide bonds. The number of oxazole rings is 1. The maximum atomic E-state index is 13.0. The number of rotatable bonds is 5. The average molecular weight is 375 g/mol. The summed E-state index contributed by atoms with van der Waals surface area (Å²) in [5.74, 6) is 1.90. The zero-order valence-electron chi connectivity index (χ0n) is 16.0. The van der Waals surface area contributed by atoms with Crippen LogP contribution in [0, 0.1) is 12.8 Å². The Balaban J connectivity index is 1.48. The van der Waals surface area contributed by atoms with Crippen molar-refractivity contribution < 1.29 is 9.21 Å². The molecule has 3 aromatic rings. The van der Waals surface area contributed by atoms with E-state index in [1.165, 1.54) is 5.56 Å². The summed E-state index contributed by atoms with van der Waals surface area (Å²) in [4.78, 5) is 19.4. The monoisotopic (exact) mass is 375 g/mol.